The van der Waals surface area contributed by atoms with Gasteiger partial charge in [-0.15, -0.1) is 11.3 Å². The molecule has 1 saturated heterocycles. The van der Waals surface area contributed by atoms with E-state index in [1.165, 1.54) is 17.6 Å². The molecule has 8 heteroatoms. The number of carbonyl (C=O) groups is 3. The fourth-order valence-corrected chi connectivity index (χ4v) is 4.98. The van der Waals surface area contributed by atoms with Gasteiger partial charge in [0, 0.05) is 23.3 Å². The van der Waals surface area contributed by atoms with Crippen molar-refractivity contribution in [3.63, 3.8) is 0 Å². The molecule has 0 saturated carbocycles. The van der Waals surface area contributed by atoms with Crippen LogP contribution >= 0.6 is 11.3 Å². The molecule has 7 nitrogen and oxygen atoms in total. The first-order valence-electron chi connectivity index (χ1n) is 9.30. The second-order valence-corrected chi connectivity index (χ2v) is 7.93. The summed E-state index contributed by atoms with van der Waals surface area (Å²) in [4.78, 5) is 42.5. The van der Waals surface area contributed by atoms with Crippen molar-refractivity contribution in [1.29, 1.82) is 0 Å². The van der Waals surface area contributed by atoms with Crippen LogP contribution in [0.4, 0.5) is 10.5 Å². The molecule has 4 rings (SSSR count). The second-order valence-electron chi connectivity index (χ2n) is 6.93. The van der Waals surface area contributed by atoms with E-state index in [0.717, 1.165) is 34.1 Å². The number of imide groups is 2. The number of amides is 4. The SMILES string of the molecule is CC[C@H]1c2ccsc2CC[NH+]1CN1C(=O)C(=O)N(c2ccc(OC)cc2)C1=O. The summed E-state index contributed by atoms with van der Waals surface area (Å²) in [5.74, 6) is -0.962. The largest absolute Gasteiger partial charge is 0.497 e. The van der Waals surface area contributed by atoms with Gasteiger partial charge in [0.1, 0.15) is 11.8 Å². The Balaban J connectivity index is 1.56. The normalized spacial score (nSPS) is 22.0. The molecule has 1 unspecified atom stereocenters. The number of hydrogen-bond acceptors (Lipinski definition) is 5. The van der Waals surface area contributed by atoms with E-state index in [0.29, 0.717) is 11.4 Å². The van der Waals surface area contributed by atoms with Gasteiger partial charge in [0.25, 0.3) is 0 Å². The molecular formula is C20H22N3O4S+. The van der Waals surface area contributed by atoms with Crippen LogP contribution < -0.4 is 14.5 Å². The van der Waals surface area contributed by atoms with Crippen molar-refractivity contribution < 1.29 is 24.0 Å². The summed E-state index contributed by atoms with van der Waals surface area (Å²) < 4.78 is 5.11. The molecule has 28 heavy (non-hydrogen) atoms. The number of methoxy groups -OCH3 is 1. The van der Waals surface area contributed by atoms with E-state index < -0.39 is 17.8 Å². The molecular weight excluding hydrogens is 378 g/mol. The quantitative estimate of drug-likeness (QED) is 0.611. The lowest BCUT2D eigenvalue weighted by Crippen LogP contribution is -3.14. The predicted octanol–water partition coefficient (Wildman–Crippen LogP) is 1.60. The van der Waals surface area contributed by atoms with Gasteiger partial charge in [0.05, 0.1) is 19.3 Å². The maximum atomic E-state index is 12.9. The van der Waals surface area contributed by atoms with Crippen LogP contribution in [0.3, 0.4) is 0 Å². The molecule has 1 fully saturated rings. The predicted molar refractivity (Wildman–Crippen MR) is 104 cm³/mol. The number of thiophene rings is 1. The van der Waals surface area contributed by atoms with Crippen LogP contribution in [0.2, 0.25) is 0 Å². The third-order valence-electron chi connectivity index (χ3n) is 5.47. The van der Waals surface area contributed by atoms with Crippen molar-refractivity contribution in [3.8, 4) is 5.75 Å². The van der Waals surface area contributed by atoms with Gasteiger partial charge in [-0.1, -0.05) is 6.92 Å². The molecule has 0 bridgehead atoms. The molecule has 0 radical (unpaired) electrons. The van der Waals surface area contributed by atoms with Gasteiger partial charge in [0.15, 0.2) is 6.67 Å². The maximum Gasteiger partial charge on any atom is 0.343 e. The average Bonchev–Trinajstić information content (AvgIpc) is 3.27. The number of urea groups is 1. The highest BCUT2D eigenvalue weighted by molar-refractivity contribution is 7.10. The van der Waals surface area contributed by atoms with Gasteiger partial charge in [-0.05, 0) is 35.7 Å². The molecule has 146 valence electrons. The molecule has 2 aliphatic heterocycles. The molecule has 0 aliphatic carbocycles. The Morgan fingerprint density at radius 3 is 2.57 bits per heavy atom. The monoisotopic (exact) mass is 400 g/mol. The highest BCUT2D eigenvalue weighted by atomic mass is 32.1. The van der Waals surface area contributed by atoms with E-state index in [2.05, 4.69) is 18.4 Å². The summed E-state index contributed by atoms with van der Waals surface area (Å²) in [6.07, 6.45) is 1.83. The standard InChI is InChI=1S/C20H21N3O4S/c1-3-16-15-9-11-28-17(15)8-10-21(16)12-22-18(24)19(25)23(20(22)26)13-4-6-14(27-2)7-5-13/h4-7,9,11,16H,3,8,10,12H2,1-2H3/p+1/t16-/m0/s1. The van der Waals surface area contributed by atoms with Crippen molar-refractivity contribution in [2.24, 2.45) is 0 Å². The first-order chi connectivity index (χ1) is 13.5. The summed E-state index contributed by atoms with van der Waals surface area (Å²) in [6, 6.07) is 8.29. The zero-order chi connectivity index (χ0) is 19.8. The molecule has 2 aliphatic rings. The van der Waals surface area contributed by atoms with Gasteiger partial charge in [-0.2, -0.15) is 0 Å². The van der Waals surface area contributed by atoms with Crippen LogP contribution in [0, 0.1) is 0 Å². The molecule has 2 aromatic rings. The van der Waals surface area contributed by atoms with E-state index in [-0.39, 0.29) is 12.7 Å². The molecule has 1 aromatic carbocycles. The lowest BCUT2D eigenvalue weighted by molar-refractivity contribution is -0.940. The van der Waals surface area contributed by atoms with E-state index >= 15 is 0 Å². The van der Waals surface area contributed by atoms with Gasteiger partial charge < -0.3 is 9.64 Å². The Morgan fingerprint density at radius 2 is 1.89 bits per heavy atom. The number of fused-ring (bicyclic) bond motifs is 1. The fourth-order valence-electron chi connectivity index (χ4n) is 4.04. The van der Waals surface area contributed by atoms with E-state index in [9.17, 15) is 14.4 Å². The van der Waals surface area contributed by atoms with Gasteiger partial charge in [-0.3, -0.25) is 9.59 Å². The van der Waals surface area contributed by atoms with E-state index in [4.69, 9.17) is 4.74 Å². The third-order valence-corrected chi connectivity index (χ3v) is 6.47. The van der Waals surface area contributed by atoms with Gasteiger partial charge in [-0.25, -0.2) is 14.6 Å². The summed E-state index contributed by atoms with van der Waals surface area (Å²) in [6.45, 7) is 3.14. The highest BCUT2D eigenvalue weighted by Gasteiger charge is 2.48. The highest BCUT2D eigenvalue weighted by Crippen LogP contribution is 2.28. The summed E-state index contributed by atoms with van der Waals surface area (Å²) in [5, 5.41) is 2.09. The topological polar surface area (TPSA) is 71.4 Å². The number of anilines is 1. The number of benzene rings is 1. The maximum absolute atomic E-state index is 12.9. The second kappa shape index (κ2) is 7.37. The fraction of sp³-hybridized carbons (Fsp3) is 0.350. The van der Waals surface area contributed by atoms with Crippen LogP contribution in [0.25, 0.3) is 0 Å². The molecule has 2 atom stereocenters. The number of carbonyl (C=O) groups excluding carboxylic acids is 3. The summed E-state index contributed by atoms with van der Waals surface area (Å²) in [5.41, 5.74) is 1.67. The molecule has 4 amide bonds. The van der Waals surface area contributed by atoms with Gasteiger partial charge >= 0.3 is 17.8 Å². The Labute approximate surface area is 167 Å². The lowest BCUT2D eigenvalue weighted by Gasteiger charge is -2.33. The first kappa shape index (κ1) is 18.6. The van der Waals surface area contributed by atoms with Crippen LogP contribution in [0.1, 0.15) is 29.8 Å². The molecule has 0 spiro atoms. The van der Waals surface area contributed by atoms with Crippen LogP contribution in [-0.2, 0) is 16.0 Å². The van der Waals surface area contributed by atoms with Crippen molar-refractivity contribution >= 4 is 34.9 Å². The van der Waals surface area contributed by atoms with E-state index in [1.807, 2.05) is 0 Å². The average molecular weight is 400 g/mol. The van der Waals surface area contributed by atoms with Gasteiger partial charge in [0.2, 0.25) is 0 Å². The molecule has 3 heterocycles. The number of ether oxygens (including phenoxy) is 1. The van der Waals surface area contributed by atoms with Crippen LogP contribution in [0.15, 0.2) is 35.7 Å². The minimum Gasteiger partial charge on any atom is -0.497 e. The summed E-state index contributed by atoms with van der Waals surface area (Å²) >= 11 is 1.76. The van der Waals surface area contributed by atoms with E-state index in [1.54, 1.807) is 35.6 Å². The smallest absolute Gasteiger partial charge is 0.343 e. The van der Waals surface area contributed by atoms with Crippen molar-refractivity contribution in [3.05, 3.63) is 46.2 Å². The third kappa shape index (κ3) is 2.98. The minimum atomic E-state index is -0.809. The zero-order valence-corrected chi connectivity index (χ0v) is 16.6. The Kier molecular flexibility index (Phi) is 4.91. The van der Waals surface area contributed by atoms with Crippen molar-refractivity contribution in [2.75, 3.05) is 25.2 Å². The number of nitrogens with one attached hydrogen (secondary N) is 1. The number of hydrogen-bond donors (Lipinski definition) is 1. The summed E-state index contributed by atoms with van der Waals surface area (Å²) in [7, 11) is 1.54. The Hall–Kier alpha value is -2.71. The van der Waals surface area contributed by atoms with Crippen LogP contribution in [0.5, 0.6) is 5.75 Å². The first-order valence-corrected chi connectivity index (χ1v) is 10.2. The van der Waals surface area contributed by atoms with Crippen molar-refractivity contribution in [1.82, 2.24) is 4.90 Å². The molecule has 1 N–H and O–H groups in total. The minimum absolute atomic E-state index is 0.198. The van der Waals surface area contributed by atoms with Crippen LogP contribution in [-0.4, -0.2) is 43.1 Å². The Morgan fingerprint density at radius 1 is 1.14 bits per heavy atom. The number of nitrogens with zero attached hydrogens (tertiary/aromatic N) is 2. The molecule has 1 aromatic heterocycles. The zero-order valence-electron chi connectivity index (χ0n) is 15.8. The Bertz CT molecular complexity index is 924. The number of quaternary nitrogens is 1. The number of rotatable bonds is 5. The van der Waals surface area contributed by atoms with Crippen molar-refractivity contribution in [2.45, 2.75) is 25.8 Å². The lowest BCUT2D eigenvalue weighted by atomic mass is 9.98.